The van der Waals surface area contributed by atoms with Gasteiger partial charge in [0.05, 0.1) is 6.20 Å². The Bertz CT molecular complexity index is 980. The molecule has 0 spiro atoms. The normalized spacial score (nSPS) is 14.6. The van der Waals surface area contributed by atoms with Crippen molar-refractivity contribution in [3.63, 3.8) is 0 Å². The second kappa shape index (κ2) is 7.94. The Morgan fingerprint density at radius 3 is 2.71 bits per heavy atom. The number of carbonyl (C=O) groups is 1. The Hall–Kier alpha value is -2.99. The third-order valence-corrected chi connectivity index (χ3v) is 5.41. The molecule has 0 radical (unpaired) electrons. The molecule has 1 aromatic heterocycles. The van der Waals surface area contributed by atoms with E-state index in [1.807, 2.05) is 42.3 Å². The van der Waals surface area contributed by atoms with E-state index in [4.69, 9.17) is 5.73 Å². The number of rotatable bonds is 5. The van der Waals surface area contributed by atoms with Gasteiger partial charge >= 0.3 is 0 Å². The molecule has 144 valence electrons. The molecule has 1 unspecified atom stereocenters. The summed E-state index contributed by atoms with van der Waals surface area (Å²) in [6.45, 7) is 3.85. The molecule has 2 aromatic carbocycles. The van der Waals surface area contributed by atoms with E-state index < -0.39 is 6.04 Å². The monoisotopic (exact) mass is 375 g/mol. The summed E-state index contributed by atoms with van der Waals surface area (Å²) in [7, 11) is 0. The Balaban J connectivity index is 1.52. The van der Waals surface area contributed by atoms with Crippen LogP contribution < -0.4 is 5.73 Å². The molecule has 0 aliphatic carbocycles. The number of hydrogen-bond acceptors (Lipinski definition) is 4. The van der Waals surface area contributed by atoms with Gasteiger partial charge in [0.15, 0.2) is 0 Å². The van der Waals surface area contributed by atoms with E-state index in [-0.39, 0.29) is 5.91 Å². The van der Waals surface area contributed by atoms with Crippen molar-refractivity contribution < 1.29 is 4.79 Å². The van der Waals surface area contributed by atoms with Gasteiger partial charge in [0.25, 0.3) is 0 Å². The lowest BCUT2D eigenvalue weighted by Gasteiger charge is -2.30. The number of carbonyl (C=O) groups excluding carboxylic acids is 1. The summed E-state index contributed by atoms with van der Waals surface area (Å²) in [5.41, 5.74) is 11.2. The summed E-state index contributed by atoms with van der Waals surface area (Å²) in [4.78, 5) is 15.0. The molecular weight excluding hydrogens is 350 g/mol. The first-order chi connectivity index (χ1) is 13.7. The zero-order chi connectivity index (χ0) is 19.5. The van der Waals surface area contributed by atoms with Gasteiger partial charge in [-0.05, 0) is 43.0 Å². The zero-order valence-corrected chi connectivity index (χ0v) is 16.1. The molecule has 2 N–H and O–H groups in total. The molecule has 4 rings (SSSR count). The molecule has 0 saturated carbocycles. The molecule has 1 amide bonds. The number of benzene rings is 2. The number of amides is 1. The van der Waals surface area contributed by atoms with E-state index in [2.05, 4.69) is 34.6 Å². The van der Waals surface area contributed by atoms with Crippen molar-refractivity contribution in [2.45, 2.75) is 32.4 Å². The van der Waals surface area contributed by atoms with Gasteiger partial charge in [-0.2, -0.15) is 0 Å². The SMILES string of the molecule is CC(C(=O)N1CCc2ccccc2C1)n1cc(-c2ccccc2CCN)nn1. The average molecular weight is 375 g/mol. The zero-order valence-electron chi connectivity index (χ0n) is 16.1. The van der Waals surface area contributed by atoms with Crippen molar-refractivity contribution in [2.24, 2.45) is 5.73 Å². The Labute approximate surface area is 165 Å². The van der Waals surface area contributed by atoms with Crippen LogP contribution >= 0.6 is 0 Å². The van der Waals surface area contributed by atoms with Crippen molar-refractivity contribution in [1.29, 1.82) is 0 Å². The summed E-state index contributed by atoms with van der Waals surface area (Å²) in [6, 6.07) is 16.0. The fourth-order valence-corrected chi connectivity index (χ4v) is 3.79. The fraction of sp³-hybridized carbons (Fsp3) is 0.318. The van der Waals surface area contributed by atoms with Crippen LogP contribution in [0.5, 0.6) is 0 Å². The van der Waals surface area contributed by atoms with E-state index in [9.17, 15) is 4.79 Å². The standard InChI is InChI=1S/C22H25N5O/c1-16(22(28)26-13-11-17-6-2-3-8-19(17)14-26)27-15-21(24-25-27)20-9-5-4-7-18(20)10-12-23/h2-9,15-16H,10-14,23H2,1H3. The number of nitrogens with zero attached hydrogens (tertiary/aromatic N) is 4. The van der Waals surface area contributed by atoms with Crippen molar-refractivity contribution in [3.05, 3.63) is 71.4 Å². The average Bonchev–Trinajstić information content (AvgIpc) is 3.23. The van der Waals surface area contributed by atoms with Gasteiger partial charge in [-0.15, -0.1) is 5.10 Å². The third kappa shape index (κ3) is 3.55. The number of nitrogens with two attached hydrogens (primary N) is 1. The highest BCUT2D eigenvalue weighted by Crippen LogP contribution is 2.24. The topological polar surface area (TPSA) is 77.0 Å². The number of hydrogen-bond donors (Lipinski definition) is 1. The van der Waals surface area contributed by atoms with Crippen LogP contribution in [0.3, 0.4) is 0 Å². The maximum Gasteiger partial charge on any atom is 0.247 e. The fourth-order valence-electron chi connectivity index (χ4n) is 3.79. The molecule has 0 saturated heterocycles. The molecule has 6 nitrogen and oxygen atoms in total. The Morgan fingerprint density at radius 2 is 1.89 bits per heavy atom. The van der Waals surface area contributed by atoms with E-state index >= 15 is 0 Å². The smallest absolute Gasteiger partial charge is 0.247 e. The highest BCUT2D eigenvalue weighted by atomic mass is 16.2. The molecule has 1 aliphatic rings. The van der Waals surface area contributed by atoms with Crippen LogP contribution in [0.1, 0.15) is 29.7 Å². The molecule has 0 fully saturated rings. The van der Waals surface area contributed by atoms with Gasteiger partial charge in [0.1, 0.15) is 11.7 Å². The molecule has 1 atom stereocenters. The van der Waals surface area contributed by atoms with Crippen LogP contribution in [0.15, 0.2) is 54.7 Å². The summed E-state index contributed by atoms with van der Waals surface area (Å²) in [6.07, 6.45) is 3.53. The minimum atomic E-state index is -0.395. The van der Waals surface area contributed by atoms with Gasteiger partial charge < -0.3 is 10.6 Å². The Kier molecular flexibility index (Phi) is 5.21. The largest absolute Gasteiger partial charge is 0.336 e. The van der Waals surface area contributed by atoms with E-state index in [0.29, 0.717) is 13.1 Å². The van der Waals surface area contributed by atoms with Crippen LogP contribution in [0, 0.1) is 0 Å². The van der Waals surface area contributed by atoms with Crippen LogP contribution in [0.25, 0.3) is 11.3 Å². The Morgan fingerprint density at radius 1 is 1.14 bits per heavy atom. The molecule has 3 aromatic rings. The highest BCUT2D eigenvalue weighted by Gasteiger charge is 2.26. The predicted octanol–water partition coefficient (Wildman–Crippen LogP) is 2.59. The van der Waals surface area contributed by atoms with E-state index in [1.54, 1.807) is 4.68 Å². The van der Waals surface area contributed by atoms with Gasteiger partial charge in [-0.1, -0.05) is 53.7 Å². The first-order valence-corrected chi connectivity index (χ1v) is 9.73. The minimum Gasteiger partial charge on any atom is -0.336 e. The van der Waals surface area contributed by atoms with Crippen LogP contribution in [0.2, 0.25) is 0 Å². The highest BCUT2D eigenvalue weighted by molar-refractivity contribution is 5.80. The maximum atomic E-state index is 13.0. The van der Waals surface area contributed by atoms with Gasteiger partial charge in [-0.3, -0.25) is 4.79 Å². The summed E-state index contributed by atoms with van der Waals surface area (Å²) < 4.78 is 1.66. The lowest BCUT2D eigenvalue weighted by Crippen LogP contribution is -2.39. The molecular formula is C22H25N5O. The van der Waals surface area contributed by atoms with Crippen LogP contribution in [-0.4, -0.2) is 38.9 Å². The summed E-state index contributed by atoms with van der Waals surface area (Å²) >= 11 is 0. The summed E-state index contributed by atoms with van der Waals surface area (Å²) in [5, 5.41) is 8.56. The van der Waals surface area contributed by atoms with Crippen molar-refractivity contribution >= 4 is 5.91 Å². The molecule has 0 bridgehead atoms. The molecule has 1 aliphatic heterocycles. The minimum absolute atomic E-state index is 0.0706. The first-order valence-electron chi connectivity index (χ1n) is 9.73. The van der Waals surface area contributed by atoms with Crippen molar-refractivity contribution in [1.82, 2.24) is 19.9 Å². The molecule has 28 heavy (non-hydrogen) atoms. The second-order valence-electron chi connectivity index (χ2n) is 7.23. The first kappa shape index (κ1) is 18.4. The quantitative estimate of drug-likeness (QED) is 0.744. The van der Waals surface area contributed by atoms with Crippen molar-refractivity contribution in [3.8, 4) is 11.3 Å². The van der Waals surface area contributed by atoms with Crippen LogP contribution in [0.4, 0.5) is 0 Å². The van der Waals surface area contributed by atoms with E-state index in [1.165, 1.54) is 11.1 Å². The number of aromatic nitrogens is 3. The van der Waals surface area contributed by atoms with Gasteiger partial charge in [0, 0.05) is 18.7 Å². The summed E-state index contributed by atoms with van der Waals surface area (Å²) in [5.74, 6) is 0.0706. The van der Waals surface area contributed by atoms with Gasteiger partial charge in [0.2, 0.25) is 5.91 Å². The molecule has 2 heterocycles. The van der Waals surface area contributed by atoms with Crippen molar-refractivity contribution in [2.75, 3.05) is 13.1 Å². The van der Waals surface area contributed by atoms with Crippen LogP contribution in [-0.2, 0) is 24.2 Å². The lowest BCUT2D eigenvalue weighted by atomic mass is 9.99. The molecule has 6 heteroatoms. The second-order valence-corrected chi connectivity index (χ2v) is 7.23. The van der Waals surface area contributed by atoms with Gasteiger partial charge in [-0.25, -0.2) is 4.68 Å². The third-order valence-electron chi connectivity index (χ3n) is 5.41. The number of fused-ring (bicyclic) bond motifs is 1. The maximum absolute atomic E-state index is 13.0. The lowest BCUT2D eigenvalue weighted by molar-refractivity contribution is -0.135. The predicted molar refractivity (Wildman–Crippen MR) is 108 cm³/mol. The van der Waals surface area contributed by atoms with E-state index in [0.717, 1.165) is 36.2 Å².